The van der Waals surface area contributed by atoms with Gasteiger partial charge in [-0.1, -0.05) is 55.1 Å². The second-order valence-corrected chi connectivity index (χ2v) is 6.70. The fourth-order valence-corrected chi connectivity index (χ4v) is 3.36. The maximum absolute atomic E-state index is 12.6. The molecule has 1 aliphatic rings. The summed E-state index contributed by atoms with van der Waals surface area (Å²) in [5.41, 5.74) is 1.33. The quantitative estimate of drug-likeness (QED) is 0.837. The van der Waals surface area contributed by atoms with Crippen molar-refractivity contribution in [3.05, 3.63) is 64.7 Å². The van der Waals surface area contributed by atoms with E-state index in [-0.39, 0.29) is 17.9 Å². The number of amides is 2. The Morgan fingerprint density at radius 1 is 0.840 bits per heavy atom. The van der Waals surface area contributed by atoms with Gasteiger partial charge in [0.05, 0.1) is 21.8 Å². The Bertz CT molecular complexity index is 770. The molecule has 25 heavy (non-hydrogen) atoms. The van der Waals surface area contributed by atoms with Crippen LogP contribution in [-0.4, -0.2) is 17.9 Å². The van der Waals surface area contributed by atoms with Crippen LogP contribution in [0.3, 0.4) is 0 Å². The fourth-order valence-electron chi connectivity index (χ4n) is 3.14. The first-order valence-electron chi connectivity index (χ1n) is 8.61. The molecule has 2 aromatic carbocycles. The minimum Gasteiger partial charge on any atom is -0.349 e. The minimum atomic E-state index is -0.330. The molecule has 0 bridgehead atoms. The normalized spacial score (nSPS) is 14.8. The molecule has 2 aromatic rings. The third-order valence-electron chi connectivity index (χ3n) is 4.48. The average Bonchev–Trinajstić information content (AvgIpc) is 2.63. The van der Waals surface area contributed by atoms with E-state index in [9.17, 15) is 9.59 Å². The maximum atomic E-state index is 12.6. The van der Waals surface area contributed by atoms with Gasteiger partial charge in [0, 0.05) is 6.04 Å². The summed E-state index contributed by atoms with van der Waals surface area (Å²) in [7, 11) is 0. The highest BCUT2D eigenvalue weighted by Crippen LogP contribution is 2.22. The van der Waals surface area contributed by atoms with Crippen molar-refractivity contribution in [3.63, 3.8) is 0 Å². The predicted molar refractivity (Wildman–Crippen MR) is 100 cm³/mol. The standard InChI is InChI=1S/C20H21ClN2O2/c21-17-12-6-4-10-15(17)19(24)23-18-13-7-5-11-16(18)20(25)22-14-8-2-1-3-9-14/h4-7,10-14H,1-3,8-9H2,(H,22,25)(H,23,24). The Balaban J connectivity index is 1.75. The van der Waals surface area contributed by atoms with Gasteiger partial charge in [0.25, 0.3) is 11.8 Å². The molecule has 1 aliphatic carbocycles. The number of rotatable bonds is 4. The number of hydrogen-bond donors (Lipinski definition) is 2. The molecule has 4 nitrogen and oxygen atoms in total. The molecule has 3 rings (SSSR count). The lowest BCUT2D eigenvalue weighted by Gasteiger charge is -2.23. The Morgan fingerprint density at radius 2 is 1.48 bits per heavy atom. The van der Waals surface area contributed by atoms with Crippen LogP contribution in [-0.2, 0) is 0 Å². The van der Waals surface area contributed by atoms with Crippen molar-refractivity contribution in [1.29, 1.82) is 0 Å². The van der Waals surface area contributed by atoms with Gasteiger partial charge < -0.3 is 10.6 Å². The number of benzene rings is 2. The van der Waals surface area contributed by atoms with Crippen LogP contribution in [0, 0.1) is 0 Å². The van der Waals surface area contributed by atoms with Crippen molar-refractivity contribution in [2.75, 3.05) is 5.32 Å². The predicted octanol–water partition coefficient (Wildman–Crippen LogP) is 4.65. The molecule has 2 amide bonds. The lowest BCUT2D eigenvalue weighted by atomic mass is 9.95. The van der Waals surface area contributed by atoms with Gasteiger partial charge in [0.1, 0.15) is 0 Å². The van der Waals surface area contributed by atoms with Gasteiger partial charge in [0.15, 0.2) is 0 Å². The third kappa shape index (κ3) is 4.40. The summed E-state index contributed by atoms with van der Waals surface area (Å²) in [5.74, 6) is -0.481. The number of para-hydroxylation sites is 1. The van der Waals surface area contributed by atoms with Gasteiger partial charge in [-0.05, 0) is 37.1 Å². The molecular formula is C20H21ClN2O2. The third-order valence-corrected chi connectivity index (χ3v) is 4.81. The van der Waals surface area contributed by atoms with E-state index in [1.54, 1.807) is 48.5 Å². The van der Waals surface area contributed by atoms with E-state index in [1.165, 1.54) is 6.42 Å². The van der Waals surface area contributed by atoms with Crippen molar-refractivity contribution in [2.24, 2.45) is 0 Å². The van der Waals surface area contributed by atoms with E-state index in [4.69, 9.17) is 11.6 Å². The molecule has 0 aromatic heterocycles. The number of halogens is 1. The summed E-state index contributed by atoms with van der Waals surface area (Å²) >= 11 is 6.08. The molecule has 0 heterocycles. The van der Waals surface area contributed by atoms with Gasteiger partial charge in [0.2, 0.25) is 0 Å². The van der Waals surface area contributed by atoms with Crippen molar-refractivity contribution in [3.8, 4) is 0 Å². The molecule has 2 N–H and O–H groups in total. The van der Waals surface area contributed by atoms with Crippen molar-refractivity contribution >= 4 is 29.1 Å². The van der Waals surface area contributed by atoms with Crippen molar-refractivity contribution < 1.29 is 9.59 Å². The highest BCUT2D eigenvalue weighted by atomic mass is 35.5. The molecule has 0 spiro atoms. The minimum absolute atomic E-state index is 0.151. The molecule has 0 aliphatic heterocycles. The zero-order chi connectivity index (χ0) is 17.6. The zero-order valence-corrected chi connectivity index (χ0v) is 14.7. The molecule has 130 valence electrons. The summed E-state index contributed by atoms with van der Waals surface area (Å²) in [4.78, 5) is 25.1. The number of nitrogens with one attached hydrogen (secondary N) is 2. The van der Waals surface area contributed by atoms with Crippen LogP contribution in [0.4, 0.5) is 5.69 Å². The van der Waals surface area contributed by atoms with Crippen molar-refractivity contribution in [1.82, 2.24) is 5.32 Å². The summed E-state index contributed by atoms with van der Waals surface area (Å²) < 4.78 is 0. The zero-order valence-electron chi connectivity index (χ0n) is 13.9. The van der Waals surface area contributed by atoms with E-state index < -0.39 is 0 Å². The maximum Gasteiger partial charge on any atom is 0.257 e. The summed E-state index contributed by atoms with van der Waals surface area (Å²) in [6, 6.07) is 14.1. The summed E-state index contributed by atoms with van der Waals surface area (Å²) in [6.07, 6.45) is 5.56. The van der Waals surface area contributed by atoms with E-state index in [0.29, 0.717) is 21.8 Å². The Morgan fingerprint density at radius 3 is 2.20 bits per heavy atom. The van der Waals surface area contributed by atoms with E-state index in [0.717, 1.165) is 25.7 Å². The van der Waals surface area contributed by atoms with Crippen LogP contribution in [0.15, 0.2) is 48.5 Å². The second kappa shape index (κ2) is 8.17. The molecule has 0 saturated heterocycles. The number of carbonyl (C=O) groups excluding carboxylic acids is 2. The van der Waals surface area contributed by atoms with Gasteiger partial charge in [-0.2, -0.15) is 0 Å². The lowest BCUT2D eigenvalue weighted by molar-refractivity contribution is 0.0928. The Kier molecular flexibility index (Phi) is 5.71. The van der Waals surface area contributed by atoms with E-state index >= 15 is 0 Å². The fraction of sp³-hybridized carbons (Fsp3) is 0.300. The Labute approximate surface area is 152 Å². The van der Waals surface area contributed by atoms with Gasteiger partial charge >= 0.3 is 0 Å². The first kappa shape index (κ1) is 17.5. The van der Waals surface area contributed by atoms with E-state index in [1.807, 2.05) is 0 Å². The molecule has 0 atom stereocenters. The Hall–Kier alpha value is -2.33. The monoisotopic (exact) mass is 356 g/mol. The van der Waals surface area contributed by atoms with Crippen LogP contribution in [0.25, 0.3) is 0 Å². The second-order valence-electron chi connectivity index (χ2n) is 6.29. The number of anilines is 1. The first-order chi connectivity index (χ1) is 12.1. The largest absolute Gasteiger partial charge is 0.349 e. The number of carbonyl (C=O) groups is 2. The molecule has 0 unspecified atom stereocenters. The van der Waals surface area contributed by atoms with Gasteiger partial charge in [-0.25, -0.2) is 0 Å². The SMILES string of the molecule is O=C(Nc1ccccc1C(=O)NC1CCCCC1)c1ccccc1Cl. The lowest BCUT2D eigenvalue weighted by Crippen LogP contribution is -2.36. The summed E-state index contributed by atoms with van der Waals surface area (Å²) in [5, 5.41) is 6.26. The van der Waals surface area contributed by atoms with E-state index in [2.05, 4.69) is 10.6 Å². The molecule has 0 radical (unpaired) electrons. The highest BCUT2D eigenvalue weighted by Gasteiger charge is 2.19. The molecule has 1 fully saturated rings. The summed E-state index contributed by atoms with van der Waals surface area (Å²) in [6.45, 7) is 0. The smallest absolute Gasteiger partial charge is 0.257 e. The van der Waals surface area contributed by atoms with Crippen LogP contribution in [0.2, 0.25) is 5.02 Å². The van der Waals surface area contributed by atoms with Crippen LogP contribution >= 0.6 is 11.6 Å². The molecular weight excluding hydrogens is 336 g/mol. The van der Waals surface area contributed by atoms with Gasteiger partial charge in [-0.3, -0.25) is 9.59 Å². The van der Waals surface area contributed by atoms with Crippen LogP contribution in [0.1, 0.15) is 52.8 Å². The van der Waals surface area contributed by atoms with Crippen molar-refractivity contribution in [2.45, 2.75) is 38.1 Å². The number of hydrogen-bond acceptors (Lipinski definition) is 2. The van der Waals surface area contributed by atoms with Crippen LogP contribution < -0.4 is 10.6 Å². The highest BCUT2D eigenvalue weighted by molar-refractivity contribution is 6.34. The first-order valence-corrected chi connectivity index (χ1v) is 8.99. The van der Waals surface area contributed by atoms with Crippen LogP contribution in [0.5, 0.6) is 0 Å². The topological polar surface area (TPSA) is 58.2 Å². The van der Waals surface area contributed by atoms with Gasteiger partial charge in [-0.15, -0.1) is 0 Å². The average molecular weight is 357 g/mol. The molecule has 1 saturated carbocycles. The molecule has 5 heteroatoms.